The Morgan fingerprint density at radius 3 is 3.10 bits per heavy atom. The molecule has 4 rings (SSSR count). The Labute approximate surface area is 115 Å². The third-order valence-electron chi connectivity index (χ3n) is 3.61. The first-order valence-corrected chi connectivity index (χ1v) is 6.58. The Bertz CT molecular complexity index is 718. The van der Waals surface area contributed by atoms with E-state index >= 15 is 0 Å². The number of nitrogens with zero attached hydrogens (tertiary/aromatic N) is 2. The third kappa shape index (κ3) is 1.87. The summed E-state index contributed by atoms with van der Waals surface area (Å²) < 4.78 is 10.4. The standard InChI is InChI=1S/C15H13N3O2/c1-2-4-13-12(3-1)11(8-16-13)7-14-17-15(18-20-14)10-5-6-19-9-10/h1-6,9,11,16H,7-8H2. The Balaban J connectivity index is 1.56. The molecule has 1 N–H and O–H groups in total. The zero-order chi connectivity index (χ0) is 13.4. The predicted octanol–water partition coefficient (Wildman–Crippen LogP) is 3.08. The second kappa shape index (κ2) is 4.52. The van der Waals surface area contributed by atoms with Crippen molar-refractivity contribution in [3.63, 3.8) is 0 Å². The molecule has 0 saturated heterocycles. The zero-order valence-electron chi connectivity index (χ0n) is 10.7. The average molecular weight is 267 g/mol. The minimum absolute atomic E-state index is 0.379. The summed E-state index contributed by atoms with van der Waals surface area (Å²) in [6, 6.07) is 10.2. The lowest BCUT2D eigenvalue weighted by atomic mass is 9.98. The Hall–Kier alpha value is -2.56. The van der Waals surface area contributed by atoms with E-state index in [0.717, 1.165) is 18.5 Å². The van der Waals surface area contributed by atoms with Crippen molar-refractivity contribution in [2.45, 2.75) is 12.3 Å². The highest BCUT2D eigenvalue weighted by molar-refractivity contribution is 5.57. The Kier molecular flexibility index (Phi) is 2.55. The fourth-order valence-electron chi connectivity index (χ4n) is 2.60. The summed E-state index contributed by atoms with van der Waals surface area (Å²) in [7, 11) is 0. The van der Waals surface area contributed by atoms with Crippen LogP contribution in [0, 0.1) is 0 Å². The summed E-state index contributed by atoms with van der Waals surface area (Å²) in [6.45, 7) is 0.906. The minimum Gasteiger partial charge on any atom is -0.472 e. The fraction of sp³-hybridized carbons (Fsp3) is 0.200. The highest BCUT2D eigenvalue weighted by atomic mass is 16.5. The second-order valence-corrected chi connectivity index (χ2v) is 4.89. The molecule has 1 atom stereocenters. The molecule has 0 aliphatic carbocycles. The Morgan fingerprint density at radius 2 is 2.20 bits per heavy atom. The van der Waals surface area contributed by atoms with E-state index in [4.69, 9.17) is 8.94 Å². The molecule has 0 saturated carbocycles. The molecule has 3 aromatic rings. The van der Waals surface area contributed by atoms with Crippen LogP contribution in [0.3, 0.4) is 0 Å². The highest BCUT2D eigenvalue weighted by Gasteiger charge is 2.24. The lowest BCUT2D eigenvalue weighted by Gasteiger charge is -2.05. The van der Waals surface area contributed by atoms with Gasteiger partial charge in [-0.3, -0.25) is 0 Å². The van der Waals surface area contributed by atoms with Gasteiger partial charge in [-0.2, -0.15) is 4.98 Å². The molecule has 0 radical (unpaired) electrons. The first-order chi connectivity index (χ1) is 9.90. The van der Waals surface area contributed by atoms with Crippen molar-refractivity contribution in [3.8, 4) is 11.4 Å². The van der Waals surface area contributed by atoms with Crippen molar-refractivity contribution < 1.29 is 8.94 Å². The van der Waals surface area contributed by atoms with Gasteiger partial charge in [0.2, 0.25) is 11.7 Å². The van der Waals surface area contributed by atoms with Gasteiger partial charge in [0.25, 0.3) is 0 Å². The monoisotopic (exact) mass is 267 g/mol. The molecule has 5 nitrogen and oxygen atoms in total. The summed E-state index contributed by atoms with van der Waals surface area (Å²) in [4.78, 5) is 4.42. The fourth-order valence-corrected chi connectivity index (χ4v) is 2.60. The van der Waals surface area contributed by atoms with Crippen molar-refractivity contribution in [2.24, 2.45) is 0 Å². The van der Waals surface area contributed by atoms with Gasteiger partial charge in [0, 0.05) is 24.6 Å². The second-order valence-electron chi connectivity index (χ2n) is 4.89. The van der Waals surface area contributed by atoms with Gasteiger partial charge in [-0.25, -0.2) is 0 Å². The van der Waals surface area contributed by atoms with Crippen molar-refractivity contribution in [3.05, 3.63) is 54.3 Å². The largest absolute Gasteiger partial charge is 0.472 e. The third-order valence-corrected chi connectivity index (χ3v) is 3.61. The summed E-state index contributed by atoms with van der Waals surface area (Å²) in [6.07, 6.45) is 3.96. The lowest BCUT2D eigenvalue weighted by molar-refractivity contribution is 0.372. The van der Waals surface area contributed by atoms with E-state index in [9.17, 15) is 0 Å². The molecular formula is C15H13N3O2. The maximum absolute atomic E-state index is 5.33. The average Bonchev–Trinajstić information content (AvgIpc) is 3.19. The number of rotatable bonds is 3. The maximum atomic E-state index is 5.33. The van der Waals surface area contributed by atoms with Gasteiger partial charge in [-0.15, -0.1) is 0 Å². The molecule has 1 aromatic carbocycles. The van der Waals surface area contributed by atoms with Crippen molar-refractivity contribution in [1.82, 2.24) is 10.1 Å². The van der Waals surface area contributed by atoms with E-state index < -0.39 is 0 Å². The van der Waals surface area contributed by atoms with Crippen LogP contribution in [0.1, 0.15) is 17.4 Å². The molecule has 0 amide bonds. The molecule has 2 aromatic heterocycles. The number of furan rings is 1. The molecule has 1 unspecified atom stereocenters. The summed E-state index contributed by atoms with van der Waals surface area (Å²) in [5.41, 5.74) is 3.35. The van der Waals surface area contributed by atoms with Crippen LogP contribution in [-0.4, -0.2) is 16.7 Å². The predicted molar refractivity (Wildman–Crippen MR) is 73.4 cm³/mol. The molecule has 0 bridgehead atoms. The topological polar surface area (TPSA) is 64.1 Å². The van der Waals surface area contributed by atoms with E-state index in [1.807, 2.05) is 12.1 Å². The Morgan fingerprint density at radius 1 is 1.25 bits per heavy atom. The van der Waals surface area contributed by atoms with E-state index in [-0.39, 0.29) is 0 Å². The molecule has 5 heteroatoms. The smallest absolute Gasteiger partial charge is 0.227 e. The van der Waals surface area contributed by atoms with Gasteiger partial charge >= 0.3 is 0 Å². The van der Waals surface area contributed by atoms with Crippen LogP contribution >= 0.6 is 0 Å². The van der Waals surface area contributed by atoms with Crippen LogP contribution in [0.25, 0.3) is 11.4 Å². The van der Waals surface area contributed by atoms with Gasteiger partial charge in [0.05, 0.1) is 11.8 Å². The van der Waals surface area contributed by atoms with E-state index in [1.54, 1.807) is 12.5 Å². The van der Waals surface area contributed by atoms with Crippen LogP contribution in [0.2, 0.25) is 0 Å². The minimum atomic E-state index is 0.379. The number of fused-ring (bicyclic) bond motifs is 1. The maximum Gasteiger partial charge on any atom is 0.227 e. The van der Waals surface area contributed by atoms with E-state index in [0.29, 0.717) is 17.6 Å². The van der Waals surface area contributed by atoms with E-state index in [2.05, 4.69) is 33.7 Å². The van der Waals surface area contributed by atoms with Gasteiger partial charge in [-0.05, 0) is 17.7 Å². The number of benzene rings is 1. The number of hydrogen-bond acceptors (Lipinski definition) is 5. The van der Waals surface area contributed by atoms with Crippen molar-refractivity contribution in [1.29, 1.82) is 0 Å². The number of aromatic nitrogens is 2. The molecule has 1 aliphatic rings. The normalized spacial score (nSPS) is 16.9. The van der Waals surface area contributed by atoms with Crippen LogP contribution in [0.5, 0.6) is 0 Å². The number of para-hydroxylation sites is 1. The molecule has 20 heavy (non-hydrogen) atoms. The summed E-state index contributed by atoms with van der Waals surface area (Å²) >= 11 is 0. The first-order valence-electron chi connectivity index (χ1n) is 6.58. The summed E-state index contributed by atoms with van der Waals surface area (Å²) in [5, 5.41) is 7.39. The number of hydrogen-bond donors (Lipinski definition) is 1. The van der Waals surface area contributed by atoms with Crippen molar-refractivity contribution >= 4 is 5.69 Å². The quantitative estimate of drug-likeness (QED) is 0.790. The summed E-state index contributed by atoms with van der Waals surface area (Å²) in [5.74, 6) is 1.61. The molecule has 100 valence electrons. The molecule has 3 heterocycles. The molecule has 0 spiro atoms. The van der Waals surface area contributed by atoms with Gasteiger partial charge in [-0.1, -0.05) is 23.4 Å². The van der Waals surface area contributed by atoms with Gasteiger partial charge < -0.3 is 14.3 Å². The number of anilines is 1. The van der Waals surface area contributed by atoms with Crippen molar-refractivity contribution in [2.75, 3.05) is 11.9 Å². The van der Waals surface area contributed by atoms with Gasteiger partial charge in [0.15, 0.2) is 0 Å². The van der Waals surface area contributed by atoms with Crippen LogP contribution in [0.15, 0.2) is 51.8 Å². The zero-order valence-corrected chi connectivity index (χ0v) is 10.7. The van der Waals surface area contributed by atoms with E-state index in [1.165, 1.54) is 11.3 Å². The molecule has 1 aliphatic heterocycles. The number of nitrogens with one attached hydrogen (secondary N) is 1. The van der Waals surface area contributed by atoms with Crippen LogP contribution in [0.4, 0.5) is 5.69 Å². The molecule has 0 fully saturated rings. The lowest BCUT2D eigenvalue weighted by Crippen LogP contribution is -2.05. The molecular weight excluding hydrogens is 254 g/mol. The van der Waals surface area contributed by atoms with Gasteiger partial charge in [0.1, 0.15) is 6.26 Å². The first kappa shape index (κ1) is 11.3. The highest BCUT2D eigenvalue weighted by Crippen LogP contribution is 2.33. The van der Waals surface area contributed by atoms with Crippen LogP contribution in [-0.2, 0) is 6.42 Å². The SMILES string of the molecule is c1ccc2c(c1)NCC2Cc1nc(-c2ccoc2)no1. The van der Waals surface area contributed by atoms with Crippen LogP contribution < -0.4 is 5.32 Å².